The summed E-state index contributed by atoms with van der Waals surface area (Å²) in [6, 6.07) is 6.53. The second-order valence-corrected chi connectivity index (χ2v) is 8.20. The molecule has 0 aliphatic carbocycles. The molecule has 1 aromatic carbocycles. The summed E-state index contributed by atoms with van der Waals surface area (Å²) in [7, 11) is 0. The Balaban J connectivity index is 1.52. The Hall–Kier alpha value is -4.11. The lowest BCUT2D eigenvalue weighted by Crippen LogP contribution is -2.23. The number of nitriles is 1. The molecule has 0 atom stereocenters. The largest absolute Gasteiger partial charge is 0.419 e. The van der Waals surface area contributed by atoms with Crippen LogP contribution >= 0.6 is 11.3 Å². The summed E-state index contributed by atoms with van der Waals surface area (Å²) in [5, 5.41) is 15.7. The fourth-order valence-corrected chi connectivity index (χ4v) is 4.12. The number of hydrogen-bond acceptors (Lipinski definition) is 6. The number of nitrogens with one attached hydrogen (secondary N) is 1. The lowest BCUT2D eigenvalue weighted by atomic mass is 10.1. The molecule has 0 fully saturated rings. The maximum absolute atomic E-state index is 14.7. The van der Waals surface area contributed by atoms with E-state index in [1.54, 1.807) is 11.6 Å². The van der Waals surface area contributed by atoms with Crippen LogP contribution in [0.15, 0.2) is 48.4 Å². The number of pyridine rings is 1. The van der Waals surface area contributed by atoms with E-state index >= 15 is 0 Å². The van der Waals surface area contributed by atoms with Crippen molar-refractivity contribution >= 4 is 17.2 Å². The molecule has 4 aromatic rings. The van der Waals surface area contributed by atoms with E-state index in [9.17, 15) is 22.4 Å². The zero-order chi connectivity index (χ0) is 25.2. The first-order valence-electron chi connectivity index (χ1n) is 10.2. The number of aryl methyl sites for hydroxylation is 1. The first kappa shape index (κ1) is 24.0. The quantitative estimate of drug-likeness (QED) is 0.380. The molecule has 12 heteroatoms. The van der Waals surface area contributed by atoms with Crippen molar-refractivity contribution < 1.29 is 22.4 Å². The van der Waals surface area contributed by atoms with Crippen molar-refractivity contribution in [2.45, 2.75) is 26.1 Å². The van der Waals surface area contributed by atoms with Crippen molar-refractivity contribution in [2.75, 3.05) is 0 Å². The third-order valence-electron chi connectivity index (χ3n) is 5.14. The molecule has 1 N–H and O–H groups in total. The van der Waals surface area contributed by atoms with E-state index in [-0.39, 0.29) is 23.6 Å². The second kappa shape index (κ2) is 9.63. The average molecular weight is 500 g/mol. The van der Waals surface area contributed by atoms with Gasteiger partial charge >= 0.3 is 6.18 Å². The first-order valence-corrected chi connectivity index (χ1v) is 11.1. The zero-order valence-corrected chi connectivity index (χ0v) is 18.9. The highest BCUT2D eigenvalue weighted by Crippen LogP contribution is 2.33. The Labute approximate surface area is 200 Å². The molecule has 0 aliphatic heterocycles. The van der Waals surface area contributed by atoms with E-state index in [2.05, 4.69) is 20.4 Å². The topological polar surface area (TPSA) is 96.5 Å². The van der Waals surface area contributed by atoms with Crippen LogP contribution in [0, 0.1) is 17.1 Å². The van der Waals surface area contributed by atoms with E-state index in [4.69, 9.17) is 5.26 Å². The van der Waals surface area contributed by atoms with Gasteiger partial charge in [-0.2, -0.15) is 23.5 Å². The number of amides is 1. The molecule has 0 radical (unpaired) electrons. The lowest BCUT2D eigenvalue weighted by Gasteiger charge is -2.09. The van der Waals surface area contributed by atoms with Crippen LogP contribution in [0.4, 0.5) is 17.6 Å². The van der Waals surface area contributed by atoms with E-state index < -0.39 is 23.3 Å². The maximum atomic E-state index is 14.7. The molecule has 3 heterocycles. The van der Waals surface area contributed by atoms with Gasteiger partial charge in [0.15, 0.2) is 5.69 Å². The van der Waals surface area contributed by atoms with Crippen molar-refractivity contribution in [1.29, 1.82) is 5.26 Å². The van der Waals surface area contributed by atoms with Gasteiger partial charge in [-0.15, -0.1) is 11.3 Å². The molecule has 35 heavy (non-hydrogen) atoms. The Kier molecular flexibility index (Phi) is 6.61. The number of rotatable bonds is 6. The van der Waals surface area contributed by atoms with Crippen molar-refractivity contribution in [2.24, 2.45) is 0 Å². The van der Waals surface area contributed by atoms with E-state index in [0.717, 1.165) is 12.3 Å². The molecule has 4 rings (SSSR count). The highest BCUT2D eigenvalue weighted by atomic mass is 32.1. The summed E-state index contributed by atoms with van der Waals surface area (Å²) in [4.78, 5) is 20.6. The van der Waals surface area contributed by atoms with Crippen LogP contribution in [-0.4, -0.2) is 25.7 Å². The van der Waals surface area contributed by atoms with Crippen LogP contribution in [0.1, 0.15) is 39.1 Å². The van der Waals surface area contributed by atoms with Gasteiger partial charge in [-0.1, -0.05) is 13.0 Å². The molecule has 0 unspecified atom stereocenters. The van der Waals surface area contributed by atoms with Gasteiger partial charge in [0.2, 0.25) is 0 Å². The number of hydrogen-bond donors (Lipinski definition) is 1. The summed E-state index contributed by atoms with van der Waals surface area (Å²) < 4.78 is 55.7. The van der Waals surface area contributed by atoms with Crippen molar-refractivity contribution in [3.63, 3.8) is 0 Å². The highest BCUT2D eigenvalue weighted by Gasteiger charge is 2.35. The number of carbonyl (C=O) groups excluding carboxylic acids is 1. The van der Waals surface area contributed by atoms with Crippen molar-refractivity contribution in [3.8, 4) is 22.9 Å². The number of thiazole rings is 1. The first-order chi connectivity index (χ1) is 16.7. The molecular weight excluding hydrogens is 484 g/mol. The summed E-state index contributed by atoms with van der Waals surface area (Å²) in [6.07, 6.45) is -0.243. The van der Waals surface area contributed by atoms with Crippen LogP contribution in [0.3, 0.4) is 0 Å². The third kappa shape index (κ3) is 5.04. The monoisotopic (exact) mass is 500 g/mol. The van der Waals surface area contributed by atoms with Crippen LogP contribution in [-0.2, 0) is 19.1 Å². The molecular formula is C23H16F4N6OS. The minimum absolute atomic E-state index is 0.0342. The van der Waals surface area contributed by atoms with Crippen LogP contribution in [0.25, 0.3) is 16.8 Å². The Bertz CT molecular complexity index is 1440. The van der Waals surface area contributed by atoms with E-state index in [1.807, 2.05) is 6.92 Å². The molecule has 0 saturated heterocycles. The number of aromatic nitrogens is 4. The lowest BCUT2D eigenvalue weighted by molar-refractivity contribution is -0.138. The molecule has 0 bridgehead atoms. The summed E-state index contributed by atoms with van der Waals surface area (Å²) in [6.45, 7) is 1.85. The Morgan fingerprint density at radius 1 is 1.20 bits per heavy atom. The average Bonchev–Trinajstić information content (AvgIpc) is 3.52. The maximum Gasteiger partial charge on any atom is 0.419 e. The van der Waals surface area contributed by atoms with Gasteiger partial charge in [0, 0.05) is 35.6 Å². The van der Waals surface area contributed by atoms with Gasteiger partial charge < -0.3 is 5.32 Å². The molecule has 178 valence electrons. The SMILES string of the molecule is CCc1ncsc1C(=O)NCc1ccc(-n2cc(-c3cnc(C#N)c(C(F)(F)F)c3)cn2)cc1F. The fourth-order valence-electron chi connectivity index (χ4n) is 3.32. The fraction of sp³-hybridized carbons (Fsp3) is 0.174. The molecule has 0 aliphatic rings. The third-order valence-corrected chi connectivity index (χ3v) is 6.01. The number of halogens is 4. The van der Waals surface area contributed by atoms with Crippen molar-refractivity contribution in [1.82, 2.24) is 25.1 Å². The minimum atomic E-state index is -4.74. The summed E-state index contributed by atoms with van der Waals surface area (Å²) in [5.74, 6) is -0.918. The van der Waals surface area contributed by atoms with E-state index in [0.29, 0.717) is 28.2 Å². The number of nitrogens with zero attached hydrogens (tertiary/aromatic N) is 5. The van der Waals surface area contributed by atoms with Crippen LogP contribution in [0.5, 0.6) is 0 Å². The predicted molar refractivity (Wildman–Crippen MR) is 119 cm³/mol. The highest BCUT2D eigenvalue weighted by molar-refractivity contribution is 7.11. The molecule has 3 aromatic heterocycles. The smallest absolute Gasteiger partial charge is 0.347 e. The van der Waals surface area contributed by atoms with Crippen LogP contribution in [0.2, 0.25) is 0 Å². The van der Waals surface area contributed by atoms with Gasteiger partial charge in [0.05, 0.1) is 28.7 Å². The van der Waals surface area contributed by atoms with Crippen LogP contribution < -0.4 is 5.32 Å². The number of carbonyl (C=O) groups is 1. The van der Waals surface area contributed by atoms with Gasteiger partial charge in [-0.05, 0) is 24.6 Å². The number of alkyl halides is 3. The number of benzene rings is 1. The van der Waals surface area contributed by atoms with Gasteiger partial charge in [0.1, 0.15) is 16.8 Å². The van der Waals surface area contributed by atoms with E-state index in [1.165, 1.54) is 46.6 Å². The summed E-state index contributed by atoms with van der Waals surface area (Å²) in [5.41, 5.74) is 1.39. The second-order valence-electron chi connectivity index (χ2n) is 7.34. The Morgan fingerprint density at radius 2 is 2.00 bits per heavy atom. The molecule has 0 saturated carbocycles. The molecule has 7 nitrogen and oxygen atoms in total. The van der Waals surface area contributed by atoms with Gasteiger partial charge in [-0.25, -0.2) is 19.0 Å². The Morgan fingerprint density at radius 3 is 2.69 bits per heavy atom. The zero-order valence-electron chi connectivity index (χ0n) is 18.1. The minimum Gasteiger partial charge on any atom is -0.347 e. The molecule has 1 amide bonds. The predicted octanol–water partition coefficient (Wildman–Crippen LogP) is 4.91. The standard InChI is InChI=1S/C23H16F4N6OS/c1-2-19-21(35-12-31-19)22(34)30-8-13-3-4-16(6-18(13)24)33-11-15(10-32-33)14-5-17(23(25,26)27)20(7-28)29-9-14/h3-6,9-12H,2,8H2,1H3,(H,30,34). The summed E-state index contributed by atoms with van der Waals surface area (Å²) >= 11 is 1.21. The van der Waals surface area contributed by atoms with Crippen molar-refractivity contribution in [3.05, 3.63) is 81.6 Å². The normalized spacial score (nSPS) is 11.3. The van der Waals surface area contributed by atoms with Gasteiger partial charge in [0.25, 0.3) is 5.91 Å². The van der Waals surface area contributed by atoms with Gasteiger partial charge in [-0.3, -0.25) is 4.79 Å². The molecule has 0 spiro atoms.